The molecule has 0 spiro atoms. The molecule has 1 aliphatic rings. The first-order chi connectivity index (χ1) is 8.81. The first-order valence-corrected chi connectivity index (χ1v) is 8.31. The van der Waals surface area contributed by atoms with Gasteiger partial charge in [0, 0.05) is 6.04 Å². The highest BCUT2D eigenvalue weighted by Crippen LogP contribution is 2.38. The number of aromatic nitrogens is 2. The number of aromatic amines is 1. The third kappa shape index (κ3) is 3.36. The first kappa shape index (κ1) is 14.5. The minimum Gasteiger partial charge on any atom is -0.266 e. The largest absolute Gasteiger partial charge is 0.266 e. The quantitative estimate of drug-likeness (QED) is 0.894. The van der Waals surface area contributed by atoms with Gasteiger partial charge in [0.05, 0.1) is 6.20 Å². The molecule has 5 nitrogen and oxygen atoms in total. The predicted octanol–water partition coefficient (Wildman–Crippen LogP) is 2.29. The fourth-order valence-electron chi connectivity index (χ4n) is 2.96. The molecule has 108 valence electrons. The van der Waals surface area contributed by atoms with Gasteiger partial charge in [-0.15, -0.1) is 0 Å². The molecule has 2 atom stereocenters. The summed E-state index contributed by atoms with van der Waals surface area (Å²) in [5.74, 6) is 0.374. The lowest BCUT2D eigenvalue weighted by Crippen LogP contribution is -2.46. The Bertz CT molecular complexity index is 502. The highest BCUT2D eigenvalue weighted by atomic mass is 32.2. The number of nitrogens with one attached hydrogen (secondary N) is 2. The Kier molecular flexibility index (Phi) is 4.01. The van der Waals surface area contributed by atoms with Crippen molar-refractivity contribution in [3.63, 3.8) is 0 Å². The number of H-pyrrole nitrogens is 1. The Morgan fingerprint density at radius 1 is 1.32 bits per heavy atom. The number of sulfonamides is 1. The number of hydrogen-bond donors (Lipinski definition) is 2. The first-order valence-electron chi connectivity index (χ1n) is 6.82. The average molecular weight is 285 g/mol. The smallest absolute Gasteiger partial charge is 0.257 e. The van der Waals surface area contributed by atoms with Crippen LogP contribution in [-0.2, 0) is 10.0 Å². The molecular formula is C13H23N3O2S. The Hall–Kier alpha value is -0.880. The lowest BCUT2D eigenvalue weighted by molar-refractivity contribution is 0.144. The van der Waals surface area contributed by atoms with Gasteiger partial charge in [0.15, 0.2) is 5.03 Å². The number of hydrogen-bond acceptors (Lipinski definition) is 3. The van der Waals surface area contributed by atoms with E-state index in [0.29, 0.717) is 5.92 Å². The van der Waals surface area contributed by atoms with Gasteiger partial charge in [-0.25, -0.2) is 13.1 Å². The van der Waals surface area contributed by atoms with Crippen molar-refractivity contribution in [2.24, 2.45) is 11.3 Å². The Morgan fingerprint density at radius 2 is 2.00 bits per heavy atom. The molecule has 19 heavy (non-hydrogen) atoms. The zero-order valence-corrected chi connectivity index (χ0v) is 12.6. The Balaban J connectivity index is 2.17. The van der Waals surface area contributed by atoms with Crippen LogP contribution in [0.25, 0.3) is 0 Å². The highest BCUT2D eigenvalue weighted by molar-refractivity contribution is 7.89. The number of nitrogens with zero attached hydrogens (tertiary/aromatic N) is 1. The van der Waals surface area contributed by atoms with Crippen LogP contribution in [-0.4, -0.2) is 24.7 Å². The van der Waals surface area contributed by atoms with Crippen LogP contribution >= 0.6 is 0 Å². The van der Waals surface area contributed by atoms with Gasteiger partial charge in [-0.3, -0.25) is 5.10 Å². The molecule has 2 N–H and O–H groups in total. The van der Waals surface area contributed by atoms with Crippen molar-refractivity contribution in [2.45, 2.75) is 57.5 Å². The van der Waals surface area contributed by atoms with Crippen LogP contribution in [0.2, 0.25) is 0 Å². The SMILES string of the molecule is CC(C)(C)C1CCCCC1NS(=O)(=O)c1ccn[nH]1. The Morgan fingerprint density at radius 3 is 2.58 bits per heavy atom. The van der Waals surface area contributed by atoms with Crippen LogP contribution in [0.3, 0.4) is 0 Å². The topological polar surface area (TPSA) is 74.8 Å². The molecule has 2 unspecified atom stereocenters. The molecule has 0 aromatic carbocycles. The summed E-state index contributed by atoms with van der Waals surface area (Å²) in [6, 6.07) is 1.50. The molecule has 0 saturated heterocycles. The minimum absolute atomic E-state index is 0.0158. The van der Waals surface area contributed by atoms with Crippen molar-refractivity contribution in [1.29, 1.82) is 0 Å². The zero-order chi connectivity index (χ0) is 14.1. The van der Waals surface area contributed by atoms with Crippen molar-refractivity contribution >= 4 is 10.0 Å². The molecule has 6 heteroatoms. The monoisotopic (exact) mass is 285 g/mol. The lowest BCUT2D eigenvalue weighted by atomic mass is 9.70. The third-order valence-corrected chi connectivity index (χ3v) is 5.37. The van der Waals surface area contributed by atoms with Crippen molar-refractivity contribution in [1.82, 2.24) is 14.9 Å². The molecule has 2 rings (SSSR count). The van der Waals surface area contributed by atoms with E-state index in [1.165, 1.54) is 18.7 Å². The van der Waals surface area contributed by atoms with E-state index in [-0.39, 0.29) is 16.5 Å². The normalized spacial score (nSPS) is 25.4. The van der Waals surface area contributed by atoms with Crippen molar-refractivity contribution < 1.29 is 8.42 Å². The van der Waals surface area contributed by atoms with E-state index in [2.05, 4.69) is 35.7 Å². The maximum atomic E-state index is 12.3. The van der Waals surface area contributed by atoms with Gasteiger partial charge in [-0.2, -0.15) is 5.10 Å². The average Bonchev–Trinajstić information content (AvgIpc) is 2.81. The van der Waals surface area contributed by atoms with Crippen molar-refractivity contribution in [3.8, 4) is 0 Å². The fourth-order valence-corrected chi connectivity index (χ4v) is 4.18. The maximum Gasteiger partial charge on any atom is 0.257 e. The highest BCUT2D eigenvalue weighted by Gasteiger charge is 2.36. The molecule has 1 heterocycles. The molecular weight excluding hydrogens is 262 g/mol. The molecule has 0 aliphatic heterocycles. The second-order valence-electron chi connectivity index (χ2n) is 6.41. The third-order valence-electron chi connectivity index (χ3n) is 3.95. The minimum atomic E-state index is -3.48. The van der Waals surface area contributed by atoms with Crippen LogP contribution in [0.4, 0.5) is 0 Å². The van der Waals surface area contributed by atoms with E-state index in [0.717, 1.165) is 19.3 Å². The van der Waals surface area contributed by atoms with Crippen LogP contribution in [0.5, 0.6) is 0 Å². The summed E-state index contributed by atoms with van der Waals surface area (Å²) in [7, 11) is -3.48. The van der Waals surface area contributed by atoms with E-state index in [9.17, 15) is 8.42 Å². The van der Waals surface area contributed by atoms with Gasteiger partial charge in [-0.05, 0) is 30.2 Å². The summed E-state index contributed by atoms with van der Waals surface area (Å²) < 4.78 is 27.4. The number of rotatable bonds is 3. The van der Waals surface area contributed by atoms with E-state index in [1.54, 1.807) is 0 Å². The Labute approximate surface area is 115 Å². The lowest BCUT2D eigenvalue weighted by Gasteiger charge is -2.40. The van der Waals surface area contributed by atoms with Crippen LogP contribution < -0.4 is 4.72 Å². The molecule has 0 amide bonds. The van der Waals surface area contributed by atoms with E-state index < -0.39 is 10.0 Å². The molecule has 0 radical (unpaired) electrons. The van der Waals surface area contributed by atoms with Crippen LogP contribution in [0.15, 0.2) is 17.3 Å². The van der Waals surface area contributed by atoms with Gasteiger partial charge in [0.1, 0.15) is 0 Å². The molecule has 1 aromatic rings. The van der Waals surface area contributed by atoms with Gasteiger partial charge in [0.2, 0.25) is 0 Å². The van der Waals surface area contributed by atoms with Gasteiger partial charge in [0.25, 0.3) is 10.0 Å². The molecule has 1 aliphatic carbocycles. The van der Waals surface area contributed by atoms with Crippen LogP contribution in [0, 0.1) is 11.3 Å². The van der Waals surface area contributed by atoms with Crippen molar-refractivity contribution in [2.75, 3.05) is 0 Å². The van der Waals surface area contributed by atoms with E-state index >= 15 is 0 Å². The summed E-state index contributed by atoms with van der Waals surface area (Å²) in [5, 5.41) is 6.37. The summed E-state index contributed by atoms with van der Waals surface area (Å²) in [6.07, 6.45) is 5.72. The zero-order valence-electron chi connectivity index (χ0n) is 11.8. The summed E-state index contributed by atoms with van der Waals surface area (Å²) in [6.45, 7) is 6.54. The van der Waals surface area contributed by atoms with Gasteiger partial charge in [-0.1, -0.05) is 33.6 Å². The second-order valence-corrected chi connectivity index (χ2v) is 8.09. The standard InChI is InChI=1S/C13H23N3O2S/c1-13(2,3)10-6-4-5-7-11(10)16-19(17,18)12-8-9-14-15-12/h8-11,16H,4-7H2,1-3H3,(H,14,15). The molecule has 1 fully saturated rings. The summed E-state index contributed by atoms with van der Waals surface area (Å²) in [4.78, 5) is 0. The van der Waals surface area contributed by atoms with Gasteiger partial charge < -0.3 is 0 Å². The summed E-state index contributed by atoms with van der Waals surface area (Å²) in [5.41, 5.74) is 0.113. The molecule has 1 saturated carbocycles. The van der Waals surface area contributed by atoms with E-state index in [4.69, 9.17) is 0 Å². The van der Waals surface area contributed by atoms with E-state index in [1.807, 2.05) is 0 Å². The molecule has 0 bridgehead atoms. The van der Waals surface area contributed by atoms with Gasteiger partial charge >= 0.3 is 0 Å². The maximum absolute atomic E-state index is 12.3. The second kappa shape index (κ2) is 5.25. The fraction of sp³-hybridized carbons (Fsp3) is 0.769. The molecule has 1 aromatic heterocycles. The van der Waals surface area contributed by atoms with Crippen LogP contribution in [0.1, 0.15) is 46.5 Å². The summed E-state index contributed by atoms with van der Waals surface area (Å²) >= 11 is 0. The predicted molar refractivity (Wildman–Crippen MR) is 74.1 cm³/mol. The van der Waals surface area contributed by atoms with Crippen molar-refractivity contribution in [3.05, 3.63) is 12.3 Å².